The van der Waals surface area contributed by atoms with Gasteiger partial charge in [0.1, 0.15) is 11.5 Å². The number of hydrogen-bond acceptors (Lipinski definition) is 2. The Kier molecular flexibility index (Phi) is 3.57. The van der Waals surface area contributed by atoms with E-state index in [1.165, 1.54) is 12.1 Å². The summed E-state index contributed by atoms with van der Waals surface area (Å²) < 4.78 is 15.5. The number of H-pyrrole nitrogens is 1. The van der Waals surface area contributed by atoms with E-state index >= 15 is 0 Å². The standard InChI is InChI=1S/C21H17FN4O/c22-15-6-7-17-14(10-15)11-18(24-17)21(27)25-9-8-20-19(12-25)23-13-26(20)16-4-2-1-3-5-16/h1-7,10-11,13,24H,8-9,12H2. The van der Waals surface area contributed by atoms with Crippen molar-refractivity contribution in [3.63, 3.8) is 0 Å². The van der Waals surface area contributed by atoms with Gasteiger partial charge >= 0.3 is 0 Å². The molecule has 0 fully saturated rings. The predicted molar refractivity (Wildman–Crippen MR) is 100 cm³/mol. The lowest BCUT2D eigenvalue weighted by Crippen LogP contribution is -2.36. The summed E-state index contributed by atoms with van der Waals surface area (Å²) in [6.07, 6.45) is 2.56. The third kappa shape index (κ3) is 2.70. The molecule has 1 amide bonds. The lowest BCUT2D eigenvalue weighted by atomic mass is 10.1. The lowest BCUT2D eigenvalue weighted by Gasteiger charge is -2.26. The molecule has 0 spiro atoms. The van der Waals surface area contributed by atoms with Crippen LogP contribution in [0.4, 0.5) is 4.39 Å². The average Bonchev–Trinajstić information content (AvgIpc) is 3.31. The quantitative estimate of drug-likeness (QED) is 0.593. The number of imidazole rings is 1. The average molecular weight is 360 g/mol. The number of halogens is 1. The van der Waals surface area contributed by atoms with Gasteiger partial charge in [-0.05, 0) is 36.4 Å². The first-order valence-electron chi connectivity index (χ1n) is 8.87. The minimum Gasteiger partial charge on any atom is -0.351 e. The van der Waals surface area contributed by atoms with Crippen LogP contribution in [0.3, 0.4) is 0 Å². The Hall–Kier alpha value is -3.41. The summed E-state index contributed by atoms with van der Waals surface area (Å²) in [7, 11) is 0. The van der Waals surface area contributed by atoms with Gasteiger partial charge in [0.2, 0.25) is 0 Å². The first-order chi connectivity index (χ1) is 13.2. The number of rotatable bonds is 2. The monoisotopic (exact) mass is 360 g/mol. The van der Waals surface area contributed by atoms with Crippen molar-refractivity contribution < 1.29 is 9.18 Å². The van der Waals surface area contributed by atoms with Gasteiger partial charge in [-0.15, -0.1) is 0 Å². The van der Waals surface area contributed by atoms with E-state index in [2.05, 4.69) is 14.5 Å². The molecule has 6 heteroatoms. The molecule has 27 heavy (non-hydrogen) atoms. The zero-order valence-corrected chi connectivity index (χ0v) is 14.5. The molecular weight excluding hydrogens is 343 g/mol. The van der Waals surface area contributed by atoms with Crippen LogP contribution in [0.15, 0.2) is 60.9 Å². The highest BCUT2D eigenvalue weighted by molar-refractivity contribution is 5.98. The molecule has 0 unspecified atom stereocenters. The summed E-state index contributed by atoms with van der Waals surface area (Å²) in [6, 6.07) is 16.2. The third-order valence-corrected chi connectivity index (χ3v) is 5.05. The molecule has 0 bridgehead atoms. The summed E-state index contributed by atoms with van der Waals surface area (Å²) in [4.78, 5) is 22.3. The minimum absolute atomic E-state index is 0.0912. The second kappa shape index (κ2) is 6.09. The largest absolute Gasteiger partial charge is 0.351 e. The van der Waals surface area contributed by atoms with E-state index in [4.69, 9.17) is 0 Å². The van der Waals surface area contributed by atoms with Gasteiger partial charge < -0.3 is 14.5 Å². The molecule has 0 saturated heterocycles. The summed E-state index contributed by atoms with van der Waals surface area (Å²) in [5, 5.41) is 0.699. The zero-order chi connectivity index (χ0) is 18.4. The fourth-order valence-electron chi connectivity index (χ4n) is 3.68. The van der Waals surface area contributed by atoms with Crippen molar-refractivity contribution in [2.24, 2.45) is 0 Å². The number of benzene rings is 2. The van der Waals surface area contributed by atoms with E-state index < -0.39 is 0 Å². The smallest absolute Gasteiger partial charge is 0.270 e. The Labute approximate surface area is 155 Å². The number of aromatic amines is 1. The molecule has 0 radical (unpaired) electrons. The number of carbonyl (C=O) groups excluding carboxylic acids is 1. The first kappa shape index (κ1) is 15.8. The number of hydrogen-bond donors (Lipinski definition) is 1. The van der Waals surface area contributed by atoms with Crippen LogP contribution in [-0.4, -0.2) is 31.9 Å². The molecule has 5 rings (SSSR count). The Morgan fingerprint density at radius 3 is 2.81 bits per heavy atom. The molecule has 0 saturated carbocycles. The second-order valence-corrected chi connectivity index (χ2v) is 6.73. The van der Waals surface area contributed by atoms with Crippen LogP contribution in [0.2, 0.25) is 0 Å². The highest BCUT2D eigenvalue weighted by atomic mass is 19.1. The Morgan fingerprint density at radius 2 is 1.96 bits per heavy atom. The van der Waals surface area contributed by atoms with E-state index in [0.29, 0.717) is 24.2 Å². The highest BCUT2D eigenvalue weighted by Crippen LogP contribution is 2.24. The number of nitrogens with one attached hydrogen (secondary N) is 1. The number of nitrogens with zero attached hydrogens (tertiary/aromatic N) is 3. The zero-order valence-electron chi connectivity index (χ0n) is 14.5. The molecular formula is C21H17FN4O. The molecule has 3 heterocycles. The van der Waals surface area contributed by atoms with Crippen molar-refractivity contribution in [3.05, 3.63) is 83.8 Å². The number of amides is 1. The Balaban J connectivity index is 1.42. The predicted octanol–water partition coefficient (Wildman–Crippen LogP) is 3.69. The van der Waals surface area contributed by atoms with Crippen LogP contribution >= 0.6 is 0 Å². The van der Waals surface area contributed by atoms with Crippen molar-refractivity contribution in [3.8, 4) is 5.69 Å². The van der Waals surface area contributed by atoms with E-state index in [1.54, 1.807) is 17.0 Å². The van der Waals surface area contributed by atoms with Gasteiger partial charge in [0, 0.05) is 35.2 Å². The first-order valence-corrected chi connectivity index (χ1v) is 8.87. The van der Waals surface area contributed by atoms with Gasteiger partial charge in [-0.25, -0.2) is 9.37 Å². The molecule has 1 N–H and O–H groups in total. The third-order valence-electron chi connectivity index (χ3n) is 5.05. The minimum atomic E-state index is -0.311. The van der Waals surface area contributed by atoms with E-state index in [-0.39, 0.29) is 11.7 Å². The molecule has 1 aliphatic rings. The summed E-state index contributed by atoms with van der Waals surface area (Å²) >= 11 is 0. The number of aromatic nitrogens is 3. The van der Waals surface area contributed by atoms with Gasteiger partial charge in [-0.1, -0.05) is 18.2 Å². The van der Waals surface area contributed by atoms with Crippen LogP contribution in [0.5, 0.6) is 0 Å². The summed E-state index contributed by atoms with van der Waals surface area (Å²) in [5.74, 6) is -0.402. The van der Waals surface area contributed by atoms with Crippen LogP contribution in [0.25, 0.3) is 16.6 Å². The molecule has 2 aromatic heterocycles. The van der Waals surface area contributed by atoms with Crippen LogP contribution in [0, 0.1) is 5.82 Å². The van der Waals surface area contributed by atoms with Gasteiger partial charge in [-0.2, -0.15) is 0 Å². The Morgan fingerprint density at radius 1 is 1.11 bits per heavy atom. The van der Waals surface area contributed by atoms with E-state index in [9.17, 15) is 9.18 Å². The normalized spacial score (nSPS) is 13.7. The number of para-hydroxylation sites is 1. The van der Waals surface area contributed by atoms with E-state index in [1.807, 2.05) is 36.7 Å². The van der Waals surface area contributed by atoms with Crippen LogP contribution in [-0.2, 0) is 13.0 Å². The topological polar surface area (TPSA) is 53.9 Å². The molecule has 2 aromatic carbocycles. The highest BCUT2D eigenvalue weighted by Gasteiger charge is 2.26. The van der Waals surface area contributed by atoms with Gasteiger partial charge in [0.25, 0.3) is 5.91 Å². The molecule has 4 aromatic rings. The maximum absolute atomic E-state index is 13.4. The van der Waals surface area contributed by atoms with Crippen LogP contribution in [0.1, 0.15) is 21.9 Å². The van der Waals surface area contributed by atoms with Crippen molar-refractivity contribution in [1.82, 2.24) is 19.4 Å². The SMILES string of the molecule is O=C(c1cc2cc(F)ccc2[nH]1)N1CCc2c(ncn2-c2ccccc2)C1. The summed E-state index contributed by atoms with van der Waals surface area (Å²) in [6.45, 7) is 1.09. The van der Waals surface area contributed by atoms with Crippen molar-refractivity contribution in [2.45, 2.75) is 13.0 Å². The van der Waals surface area contributed by atoms with Gasteiger partial charge in [0.05, 0.1) is 18.6 Å². The van der Waals surface area contributed by atoms with Gasteiger partial charge in [0.15, 0.2) is 0 Å². The fraction of sp³-hybridized carbons (Fsp3) is 0.143. The second-order valence-electron chi connectivity index (χ2n) is 6.73. The number of carbonyl (C=O) groups is 1. The molecule has 134 valence electrons. The fourth-order valence-corrected chi connectivity index (χ4v) is 3.68. The number of fused-ring (bicyclic) bond motifs is 2. The van der Waals surface area contributed by atoms with Gasteiger partial charge in [-0.3, -0.25) is 4.79 Å². The molecule has 1 aliphatic heterocycles. The van der Waals surface area contributed by atoms with Crippen LogP contribution < -0.4 is 0 Å². The van der Waals surface area contributed by atoms with Crippen molar-refractivity contribution >= 4 is 16.8 Å². The van der Waals surface area contributed by atoms with Crippen molar-refractivity contribution in [2.75, 3.05) is 6.54 Å². The van der Waals surface area contributed by atoms with E-state index in [0.717, 1.165) is 29.0 Å². The summed E-state index contributed by atoms with van der Waals surface area (Å²) in [5.41, 5.74) is 4.36. The van der Waals surface area contributed by atoms with Crippen molar-refractivity contribution in [1.29, 1.82) is 0 Å². The lowest BCUT2D eigenvalue weighted by molar-refractivity contribution is 0.0726. The maximum atomic E-state index is 13.4. The molecule has 0 atom stereocenters. The molecule has 5 nitrogen and oxygen atoms in total. The molecule has 0 aliphatic carbocycles. The Bertz CT molecular complexity index is 1150. The maximum Gasteiger partial charge on any atom is 0.270 e.